The molecule has 0 radical (unpaired) electrons. The highest BCUT2D eigenvalue weighted by atomic mass is 19.2. The van der Waals surface area contributed by atoms with Gasteiger partial charge in [-0.05, 0) is 35.7 Å². The van der Waals surface area contributed by atoms with Crippen LogP contribution in [0.4, 0.5) is 40.8 Å². The van der Waals surface area contributed by atoms with Crippen LogP contribution >= 0.6 is 0 Å². The number of nitrogens with zero attached hydrogens (tertiary/aromatic N) is 1. The Morgan fingerprint density at radius 2 is 0.907 bits per heavy atom. The zero-order valence-corrected chi connectivity index (χ0v) is 27.6. The van der Waals surface area contributed by atoms with Crippen LogP contribution in [0.5, 0.6) is 34.5 Å². The number of aryl methyl sites for hydroxylation is 1. The summed E-state index contributed by atoms with van der Waals surface area (Å²) in [5, 5.41) is 11.5. The molecule has 0 aliphatic carbocycles. The lowest BCUT2D eigenvalue weighted by Crippen LogP contribution is -2.09. The van der Waals surface area contributed by atoms with Gasteiger partial charge in [-0.1, -0.05) is 66.7 Å². The second kappa shape index (κ2) is 15.5. The van der Waals surface area contributed by atoms with Crippen LogP contribution in [0.1, 0.15) is 16.7 Å². The summed E-state index contributed by atoms with van der Waals surface area (Å²) in [6, 6.07) is 23.4. The number of rotatable bonds is 12. The average Bonchev–Trinajstić information content (AvgIpc) is 3.18. The first kappa shape index (κ1) is 37.1. The molecule has 7 nitrogen and oxygen atoms in total. The molecule has 6 rings (SSSR count). The molecule has 6 aromatic carbocycles. The van der Waals surface area contributed by atoms with E-state index in [0.717, 1.165) is 23.8 Å². The van der Waals surface area contributed by atoms with Crippen LogP contribution in [0.3, 0.4) is 0 Å². The van der Waals surface area contributed by atoms with Crippen molar-refractivity contribution >= 4 is 5.69 Å². The Labute approximate surface area is 300 Å². The zero-order valence-electron chi connectivity index (χ0n) is 27.6. The highest BCUT2D eigenvalue weighted by Gasteiger charge is 2.36. The Bertz CT molecular complexity index is 2320. The Morgan fingerprint density at radius 1 is 0.519 bits per heavy atom. The first-order valence-corrected chi connectivity index (χ1v) is 15.7. The van der Waals surface area contributed by atoms with Crippen molar-refractivity contribution in [3.8, 4) is 45.6 Å². The summed E-state index contributed by atoms with van der Waals surface area (Å²) in [7, 11) is 0. The minimum atomic E-state index is -2.49. The van der Waals surface area contributed by atoms with Crippen LogP contribution in [0, 0.1) is 63.6 Å². The molecule has 0 N–H and O–H groups in total. The van der Waals surface area contributed by atoms with E-state index in [-0.39, 0.29) is 24.7 Å². The van der Waals surface area contributed by atoms with Crippen molar-refractivity contribution in [3.05, 3.63) is 170 Å². The molecule has 54 heavy (non-hydrogen) atoms. The highest BCUT2D eigenvalue weighted by molar-refractivity contribution is 5.70. The molecule has 0 unspecified atom stereocenters. The van der Waals surface area contributed by atoms with E-state index >= 15 is 35.1 Å². The molecule has 0 heterocycles. The maximum absolute atomic E-state index is 15.4. The maximum atomic E-state index is 15.4. The summed E-state index contributed by atoms with van der Waals surface area (Å²) in [4.78, 5) is 10.7. The van der Waals surface area contributed by atoms with Crippen LogP contribution in [-0.4, -0.2) is 4.92 Å². The SMILES string of the molecule is Cc1ccc(Oc2c(F)c(F)c(-c3c(F)c(F)c(Oc4ccc([N+](=O)[O-])c(OCc5ccccc5)c4)c(F)c3F)c(F)c2F)cc1OCc1ccccc1. The molecule has 0 fully saturated rings. The molecule has 0 bridgehead atoms. The van der Waals surface area contributed by atoms with Crippen molar-refractivity contribution < 1.29 is 59.0 Å². The molecule has 0 atom stereocenters. The van der Waals surface area contributed by atoms with Gasteiger partial charge in [0.05, 0.1) is 16.1 Å². The van der Waals surface area contributed by atoms with Crippen molar-refractivity contribution in [1.29, 1.82) is 0 Å². The minimum Gasteiger partial charge on any atom is -0.488 e. The topological polar surface area (TPSA) is 80.1 Å². The Kier molecular flexibility index (Phi) is 10.7. The standard InChI is InChI=1S/C39H23F8NO6/c1-20-12-13-23(16-26(20)51-18-21-8-4-2-5-9-21)53-38-34(44)30(40)28(31(41)35(38)45)29-32(42)36(46)39(37(47)33(29)43)54-24-14-15-25(48(49)50)27(17-24)52-19-22-10-6-3-7-11-22/h2-17H,18-19H2,1H3. The van der Waals surface area contributed by atoms with Gasteiger partial charge in [0.1, 0.15) is 30.5 Å². The fourth-order valence-corrected chi connectivity index (χ4v) is 5.17. The predicted octanol–water partition coefficient (Wildman–Crippen LogP) is 11.4. The molecular weight excluding hydrogens is 730 g/mol. The van der Waals surface area contributed by atoms with Gasteiger partial charge in [0.15, 0.2) is 23.3 Å². The third kappa shape index (κ3) is 7.46. The van der Waals surface area contributed by atoms with E-state index in [1.165, 1.54) is 18.2 Å². The fraction of sp³-hybridized carbons (Fsp3) is 0.0769. The average molecular weight is 754 g/mol. The van der Waals surface area contributed by atoms with Crippen molar-refractivity contribution in [2.45, 2.75) is 20.1 Å². The summed E-state index contributed by atoms with van der Waals surface area (Å²) in [5.41, 5.74) is -2.96. The normalized spacial score (nSPS) is 11.0. The predicted molar refractivity (Wildman–Crippen MR) is 178 cm³/mol. The summed E-state index contributed by atoms with van der Waals surface area (Å²) < 4.78 is 144. The van der Waals surface area contributed by atoms with Crippen molar-refractivity contribution in [3.63, 3.8) is 0 Å². The van der Waals surface area contributed by atoms with Crippen molar-refractivity contribution in [2.75, 3.05) is 0 Å². The molecule has 0 amide bonds. The Hall–Kier alpha value is -6.64. The van der Waals surface area contributed by atoms with E-state index in [1.807, 2.05) is 0 Å². The quantitative estimate of drug-likeness (QED) is 0.0536. The van der Waals surface area contributed by atoms with Gasteiger partial charge in [0.25, 0.3) is 0 Å². The number of hydrogen-bond donors (Lipinski definition) is 0. The van der Waals surface area contributed by atoms with Gasteiger partial charge < -0.3 is 18.9 Å². The second-order valence-electron chi connectivity index (χ2n) is 11.5. The Balaban J connectivity index is 1.31. The van der Waals surface area contributed by atoms with Crippen LogP contribution in [0.25, 0.3) is 11.1 Å². The molecule has 0 aliphatic heterocycles. The van der Waals surface area contributed by atoms with Gasteiger partial charge in [-0.2, -0.15) is 17.6 Å². The summed E-state index contributed by atoms with van der Waals surface area (Å²) in [6.07, 6.45) is 0. The maximum Gasteiger partial charge on any atom is 0.311 e. The van der Waals surface area contributed by atoms with E-state index in [4.69, 9.17) is 18.9 Å². The van der Waals surface area contributed by atoms with E-state index in [9.17, 15) is 10.1 Å². The molecule has 0 saturated heterocycles. The van der Waals surface area contributed by atoms with Gasteiger partial charge in [-0.3, -0.25) is 10.1 Å². The number of ether oxygens (including phenoxy) is 4. The van der Waals surface area contributed by atoms with Crippen LogP contribution in [-0.2, 0) is 13.2 Å². The number of hydrogen-bond acceptors (Lipinski definition) is 6. The lowest BCUT2D eigenvalue weighted by atomic mass is 10.0. The molecule has 0 aromatic heterocycles. The molecular formula is C39H23F8NO6. The zero-order chi connectivity index (χ0) is 38.7. The largest absolute Gasteiger partial charge is 0.488 e. The third-order valence-electron chi connectivity index (χ3n) is 7.90. The molecule has 0 saturated carbocycles. The molecule has 0 spiro atoms. The summed E-state index contributed by atoms with van der Waals surface area (Å²) in [6.45, 7) is 1.52. The van der Waals surface area contributed by atoms with Gasteiger partial charge in [-0.15, -0.1) is 0 Å². The first-order valence-electron chi connectivity index (χ1n) is 15.7. The van der Waals surface area contributed by atoms with Crippen LogP contribution in [0.2, 0.25) is 0 Å². The summed E-state index contributed by atoms with van der Waals surface area (Å²) in [5.74, 6) is -23.9. The third-order valence-corrected chi connectivity index (χ3v) is 7.90. The van der Waals surface area contributed by atoms with Gasteiger partial charge in [0.2, 0.25) is 40.5 Å². The van der Waals surface area contributed by atoms with E-state index in [1.54, 1.807) is 67.6 Å². The molecule has 0 aliphatic rings. The lowest BCUT2D eigenvalue weighted by molar-refractivity contribution is -0.386. The highest BCUT2D eigenvalue weighted by Crippen LogP contribution is 2.44. The van der Waals surface area contributed by atoms with Crippen LogP contribution in [0.15, 0.2) is 97.1 Å². The number of halogens is 8. The smallest absolute Gasteiger partial charge is 0.311 e. The molecule has 276 valence electrons. The number of nitro benzene ring substituents is 1. The van der Waals surface area contributed by atoms with Crippen LogP contribution < -0.4 is 18.9 Å². The number of nitro groups is 1. The van der Waals surface area contributed by atoms with E-state index in [0.29, 0.717) is 11.1 Å². The number of benzene rings is 6. The minimum absolute atomic E-state index is 0.0813. The van der Waals surface area contributed by atoms with Crippen molar-refractivity contribution in [1.82, 2.24) is 0 Å². The van der Waals surface area contributed by atoms with Crippen molar-refractivity contribution in [2.24, 2.45) is 0 Å². The Morgan fingerprint density at radius 3 is 1.33 bits per heavy atom. The van der Waals surface area contributed by atoms with Gasteiger partial charge in [0, 0.05) is 18.2 Å². The van der Waals surface area contributed by atoms with Gasteiger partial charge in [-0.25, -0.2) is 17.6 Å². The second-order valence-corrected chi connectivity index (χ2v) is 11.5. The lowest BCUT2D eigenvalue weighted by Gasteiger charge is -2.17. The monoisotopic (exact) mass is 753 g/mol. The first-order chi connectivity index (χ1) is 25.8. The molecule has 15 heteroatoms. The van der Waals surface area contributed by atoms with E-state index < -0.39 is 91.3 Å². The van der Waals surface area contributed by atoms with E-state index in [2.05, 4.69) is 0 Å². The summed E-state index contributed by atoms with van der Waals surface area (Å²) >= 11 is 0. The van der Waals surface area contributed by atoms with Gasteiger partial charge >= 0.3 is 5.69 Å². The fourth-order valence-electron chi connectivity index (χ4n) is 5.17. The molecule has 6 aromatic rings.